The lowest BCUT2D eigenvalue weighted by molar-refractivity contribution is 0.0958. The van der Waals surface area contributed by atoms with Crippen molar-refractivity contribution in [3.05, 3.63) is 47.4 Å². The minimum Gasteiger partial charge on any atom is -0.459 e. The number of carbonyl (C=O) groups is 1. The minimum absolute atomic E-state index is 0. The number of anilines is 1. The van der Waals surface area contributed by atoms with Gasteiger partial charge in [-0.3, -0.25) is 9.69 Å². The summed E-state index contributed by atoms with van der Waals surface area (Å²) in [5, 5.41) is 0.710. The summed E-state index contributed by atoms with van der Waals surface area (Å²) in [5.41, 5.74) is 3.29. The fourth-order valence-electron chi connectivity index (χ4n) is 2.59. The summed E-state index contributed by atoms with van der Waals surface area (Å²) in [6.45, 7) is 5.44. The third kappa shape index (κ3) is 4.21. The Labute approximate surface area is 157 Å². The van der Waals surface area contributed by atoms with E-state index in [2.05, 4.69) is 26.0 Å². The number of aromatic nitrogens is 1. The molecule has 1 amide bonds. The Balaban J connectivity index is 0.00000225. The van der Waals surface area contributed by atoms with Crippen molar-refractivity contribution in [1.82, 2.24) is 9.88 Å². The van der Waals surface area contributed by atoms with E-state index in [9.17, 15) is 4.79 Å². The second kappa shape index (κ2) is 7.99. The van der Waals surface area contributed by atoms with Gasteiger partial charge in [0.05, 0.1) is 16.5 Å². The molecule has 0 bridgehead atoms. The highest BCUT2D eigenvalue weighted by atomic mass is 35.5. The van der Waals surface area contributed by atoms with E-state index >= 15 is 0 Å². The molecule has 2 heterocycles. The number of amides is 1. The molecule has 0 aliphatic rings. The molecule has 25 heavy (non-hydrogen) atoms. The number of benzene rings is 1. The van der Waals surface area contributed by atoms with Gasteiger partial charge in [-0.1, -0.05) is 17.4 Å². The van der Waals surface area contributed by atoms with Gasteiger partial charge in [0.15, 0.2) is 10.9 Å². The van der Waals surface area contributed by atoms with Crippen LogP contribution in [0, 0.1) is 13.8 Å². The van der Waals surface area contributed by atoms with Crippen LogP contribution in [0.1, 0.15) is 21.7 Å². The fourth-order valence-corrected chi connectivity index (χ4v) is 3.76. The number of carbonyl (C=O) groups excluding carboxylic acids is 1. The lowest BCUT2D eigenvalue weighted by Crippen LogP contribution is -2.36. The molecule has 0 N–H and O–H groups in total. The Bertz CT molecular complexity index is 859. The number of rotatable bonds is 5. The zero-order valence-corrected chi connectivity index (χ0v) is 16.4. The highest BCUT2D eigenvalue weighted by molar-refractivity contribution is 7.22. The zero-order chi connectivity index (χ0) is 17.3. The Morgan fingerprint density at radius 1 is 1.24 bits per heavy atom. The second-order valence-electron chi connectivity index (χ2n) is 6.16. The molecule has 2 aromatic heterocycles. The molecule has 0 spiro atoms. The molecule has 3 aromatic rings. The van der Waals surface area contributed by atoms with E-state index in [0.717, 1.165) is 22.3 Å². The van der Waals surface area contributed by atoms with E-state index in [0.29, 0.717) is 17.4 Å². The van der Waals surface area contributed by atoms with Crippen molar-refractivity contribution >= 4 is 45.0 Å². The summed E-state index contributed by atoms with van der Waals surface area (Å²) in [6, 6.07) is 7.65. The van der Waals surface area contributed by atoms with Crippen molar-refractivity contribution in [3.8, 4) is 0 Å². The normalized spacial score (nSPS) is 10.9. The summed E-state index contributed by atoms with van der Waals surface area (Å²) in [4.78, 5) is 21.3. The van der Waals surface area contributed by atoms with Crippen molar-refractivity contribution in [3.63, 3.8) is 0 Å². The summed E-state index contributed by atoms with van der Waals surface area (Å²) in [7, 11) is 3.98. The molecular formula is C18H22ClN3O2S. The number of nitrogens with zero attached hydrogens (tertiary/aromatic N) is 3. The second-order valence-corrected chi connectivity index (χ2v) is 7.17. The molecule has 0 unspecified atom stereocenters. The highest BCUT2D eigenvalue weighted by Gasteiger charge is 2.23. The van der Waals surface area contributed by atoms with Crippen molar-refractivity contribution in [1.29, 1.82) is 0 Å². The largest absolute Gasteiger partial charge is 0.459 e. The first kappa shape index (κ1) is 19.4. The average molecular weight is 380 g/mol. The molecule has 5 nitrogen and oxygen atoms in total. The molecule has 0 saturated carbocycles. The molecule has 0 radical (unpaired) electrons. The number of furan rings is 1. The van der Waals surface area contributed by atoms with Crippen LogP contribution in [0.4, 0.5) is 5.13 Å². The monoisotopic (exact) mass is 379 g/mol. The topological polar surface area (TPSA) is 49.6 Å². The van der Waals surface area contributed by atoms with Gasteiger partial charge < -0.3 is 9.32 Å². The van der Waals surface area contributed by atoms with Crippen LogP contribution in [0.3, 0.4) is 0 Å². The van der Waals surface area contributed by atoms with Gasteiger partial charge in [-0.15, -0.1) is 12.4 Å². The lowest BCUT2D eigenvalue weighted by atomic mass is 10.1. The van der Waals surface area contributed by atoms with Gasteiger partial charge in [-0.05, 0) is 57.3 Å². The highest BCUT2D eigenvalue weighted by Crippen LogP contribution is 2.32. The van der Waals surface area contributed by atoms with Crippen molar-refractivity contribution in [2.24, 2.45) is 0 Å². The summed E-state index contributed by atoms with van der Waals surface area (Å²) in [5.74, 6) is 0.177. The van der Waals surface area contributed by atoms with Crippen molar-refractivity contribution in [2.75, 3.05) is 32.1 Å². The Hall–Kier alpha value is -1.89. The van der Waals surface area contributed by atoms with Crippen molar-refractivity contribution in [2.45, 2.75) is 13.8 Å². The predicted molar refractivity (Wildman–Crippen MR) is 105 cm³/mol. The molecule has 134 valence electrons. The van der Waals surface area contributed by atoms with E-state index in [1.807, 2.05) is 19.0 Å². The van der Waals surface area contributed by atoms with E-state index in [-0.39, 0.29) is 18.3 Å². The smallest absolute Gasteiger partial charge is 0.295 e. The van der Waals surface area contributed by atoms with Crippen LogP contribution < -0.4 is 4.90 Å². The van der Waals surface area contributed by atoms with Gasteiger partial charge in [-0.2, -0.15) is 0 Å². The quantitative estimate of drug-likeness (QED) is 0.668. The molecule has 0 atom stereocenters. The Morgan fingerprint density at radius 3 is 2.64 bits per heavy atom. The van der Waals surface area contributed by atoms with Crippen LogP contribution >= 0.6 is 23.7 Å². The van der Waals surface area contributed by atoms with E-state index in [1.165, 1.54) is 11.8 Å². The number of hydrogen-bond acceptors (Lipinski definition) is 5. The maximum atomic E-state index is 12.8. The first-order valence-corrected chi connectivity index (χ1v) is 8.65. The molecule has 0 aliphatic heterocycles. The first-order valence-electron chi connectivity index (χ1n) is 7.83. The van der Waals surface area contributed by atoms with Crippen LogP contribution in [-0.2, 0) is 0 Å². The van der Waals surface area contributed by atoms with E-state index < -0.39 is 0 Å². The standard InChI is InChI=1S/C18H21N3O2S.ClH/c1-12-10-13(2)16-15(11-12)24-18(19-16)21(8-7-20(3)4)17(22)14-6-5-9-23-14;/h5-6,9-11H,7-8H2,1-4H3;1H. The molecule has 3 rings (SSSR count). The van der Waals surface area contributed by atoms with Gasteiger partial charge >= 0.3 is 0 Å². The van der Waals surface area contributed by atoms with Gasteiger partial charge in [0.1, 0.15) is 0 Å². The molecule has 7 heteroatoms. The van der Waals surface area contributed by atoms with Crippen LogP contribution in [-0.4, -0.2) is 43.0 Å². The van der Waals surface area contributed by atoms with Gasteiger partial charge in [-0.25, -0.2) is 4.98 Å². The van der Waals surface area contributed by atoms with Crippen LogP contribution in [0.25, 0.3) is 10.2 Å². The predicted octanol–water partition coefficient (Wildman–Crippen LogP) is 4.14. The number of halogens is 1. The van der Waals surface area contributed by atoms with Gasteiger partial charge in [0, 0.05) is 13.1 Å². The van der Waals surface area contributed by atoms with E-state index in [4.69, 9.17) is 9.40 Å². The summed E-state index contributed by atoms with van der Waals surface area (Å²) >= 11 is 1.54. The summed E-state index contributed by atoms with van der Waals surface area (Å²) in [6.07, 6.45) is 1.52. The molecule has 0 saturated heterocycles. The third-order valence-electron chi connectivity index (χ3n) is 3.80. The van der Waals surface area contributed by atoms with E-state index in [1.54, 1.807) is 28.4 Å². The number of likely N-dealkylation sites (N-methyl/N-ethyl adjacent to an activating group) is 1. The number of fused-ring (bicyclic) bond motifs is 1. The number of hydrogen-bond donors (Lipinski definition) is 0. The third-order valence-corrected chi connectivity index (χ3v) is 4.82. The molecule has 0 fully saturated rings. The number of thiazole rings is 1. The SMILES string of the molecule is Cc1cc(C)c2nc(N(CCN(C)C)C(=O)c3ccco3)sc2c1.Cl. The van der Waals surface area contributed by atoms with Gasteiger partial charge in [0.25, 0.3) is 5.91 Å². The van der Waals surface area contributed by atoms with Crippen LogP contribution in [0.15, 0.2) is 34.9 Å². The average Bonchev–Trinajstić information content (AvgIpc) is 3.16. The zero-order valence-electron chi connectivity index (χ0n) is 14.8. The van der Waals surface area contributed by atoms with Gasteiger partial charge in [0.2, 0.25) is 0 Å². The maximum absolute atomic E-state index is 12.8. The Kier molecular flexibility index (Phi) is 6.21. The van der Waals surface area contributed by atoms with Crippen LogP contribution in [0.2, 0.25) is 0 Å². The van der Waals surface area contributed by atoms with Crippen LogP contribution in [0.5, 0.6) is 0 Å². The molecule has 0 aliphatic carbocycles. The minimum atomic E-state index is -0.157. The first-order chi connectivity index (χ1) is 11.5. The Morgan fingerprint density at radius 2 is 2.00 bits per heavy atom. The summed E-state index contributed by atoms with van der Waals surface area (Å²) < 4.78 is 6.39. The number of aryl methyl sites for hydroxylation is 2. The molecule has 1 aromatic carbocycles. The fraction of sp³-hybridized carbons (Fsp3) is 0.333. The molecular weight excluding hydrogens is 358 g/mol. The van der Waals surface area contributed by atoms with Crippen molar-refractivity contribution < 1.29 is 9.21 Å². The maximum Gasteiger partial charge on any atom is 0.295 e. The lowest BCUT2D eigenvalue weighted by Gasteiger charge is -2.20.